The molecule has 2 amide bonds. The highest BCUT2D eigenvalue weighted by atomic mass is 19.4. The Hall–Kier alpha value is -7.21. The van der Waals surface area contributed by atoms with Crippen molar-refractivity contribution in [2.45, 2.75) is 13.1 Å². The van der Waals surface area contributed by atoms with Gasteiger partial charge in [-0.15, -0.1) is 6.42 Å². The molecule has 0 saturated heterocycles. The van der Waals surface area contributed by atoms with E-state index in [2.05, 4.69) is 36.5 Å². The molecule has 15 heteroatoms. The number of hydrogen-bond donors (Lipinski definition) is 2. The molecule has 2 N–H and O–H groups in total. The first-order chi connectivity index (χ1) is 25.3. The zero-order valence-electron chi connectivity index (χ0n) is 27.4. The summed E-state index contributed by atoms with van der Waals surface area (Å²) < 4.78 is 77.8. The summed E-state index contributed by atoms with van der Waals surface area (Å²) in [5.74, 6) is 0.352. The van der Waals surface area contributed by atoms with Gasteiger partial charge in [-0.3, -0.25) is 9.59 Å². The van der Waals surface area contributed by atoms with Gasteiger partial charge >= 0.3 is 6.18 Å². The van der Waals surface area contributed by atoms with Crippen molar-refractivity contribution in [1.29, 1.82) is 0 Å². The molecule has 0 unspecified atom stereocenters. The highest BCUT2D eigenvalue weighted by molar-refractivity contribution is 6.05. The van der Waals surface area contributed by atoms with Gasteiger partial charge in [-0.25, -0.2) is 28.7 Å². The van der Waals surface area contributed by atoms with Crippen LogP contribution in [0.5, 0.6) is 23.0 Å². The molecule has 0 aliphatic carbocycles. The van der Waals surface area contributed by atoms with Crippen LogP contribution >= 0.6 is 0 Å². The molecule has 6 aromatic rings. The van der Waals surface area contributed by atoms with E-state index in [-0.39, 0.29) is 39.8 Å². The van der Waals surface area contributed by atoms with E-state index in [1.807, 2.05) is 13.0 Å². The van der Waals surface area contributed by atoms with Gasteiger partial charge in [-0.05, 0) is 55.5 Å². The predicted octanol–water partition coefficient (Wildman–Crippen LogP) is 8.63. The van der Waals surface area contributed by atoms with Crippen molar-refractivity contribution in [3.63, 3.8) is 0 Å². The van der Waals surface area contributed by atoms with Gasteiger partial charge < -0.3 is 20.1 Å². The van der Waals surface area contributed by atoms with Gasteiger partial charge in [0.25, 0.3) is 11.8 Å². The fourth-order valence-corrected chi connectivity index (χ4v) is 4.53. The molecule has 266 valence electrons. The van der Waals surface area contributed by atoms with E-state index < -0.39 is 35.2 Å². The summed E-state index contributed by atoms with van der Waals surface area (Å²) in [6.07, 6.45) is 8.67. The topological polar surface area (TPSA) is 128 Å². The van der Waals surface area contributed by atoms with E-state index in [0.29, 0.717) is 11.3 Å². The van der Waals surface area contributed by atoms with Crippen LogP contribution in [0.25, 0.3) is 0 Å². The van der Waals surface area contributed by atoms with Gasteiger partial charge in [0.1, 0.15) is 35.8 Å². The number of aryl methyl sites for hydroxylation is 1. The fraction of sp³-hybridized carbons (Fsp3) is 0.0526. The van der Waals surface area contributed by atoms with Crippen LogP contribution in [-0.2, 0) is 6.18 Å². The van der Waals surface area contributed by atoms with Crippen molar-refractivity contribution in [3.05, 3.63) is 156 Å². The number of hydrogen-bond acceptors (Lipinski definition) is 8. The van der Waals surface area contributed by atoms with Gasteiger partial charge in [0.15, 0.2) is 11.5 Å². The third-order valence-corrected chi connectivity index (χ3v) is 6.77. The van der Waals surface area contributed by atoms with Crippen LogP contribution in [0.4, 0.5) is 33.3 Å². The van der Waals surface area contributed by atoms with E-state index in [4.69, 9.17) is 15.9 Å². The molecule has 0 fully saturated rings. The molecule has 2 heterocycles. The summed E-state index contributed by atoms with van der Waals surface area (Å²) in [4.78, 5) is 39.7. The Bertz CT molecular complexity index is 2280. The molecular formula is C38H25F5N6O4. The molecule has 0 bridgehead atoms. The number of halogens is 5. The summed E-state index contributed by atoms with van der Waals surface area (Å²) in [6.45, 7) is 1.81. The van der Waals surface area contributed by atoms with Crippen molar-refractivity contribution in [2.24, 2.45) is 0 Å². The van der Waals surface area contributed by atoms with Crippen molar-refractivity contribution < 1.29 is 41.0 Å². The fourth-order valence-electron chi connectivity index (χ4n) is 4.53. The average molecular weight is 725 g/mol. The highest BCUT2D eigenvalue weighted by Crippen LogP contribution is 2.35. The maximum Gasteiger partial charge on any atom is 0.416 e. The molecule has 0 radical (unpaired) electrons. The molecule has 0 aliphatic heterocycles. The number of amides is 2. The molecule has 2 aromatic heterocycles. The third-order valence-electron chi connectivity index (χ3n) is 6.77. The van der Waals surface area contributed by atoms with Gasteiger partial charge in [-0.1, -0.05) is 23.6 Å². The first-order valence-electron chi connectivity index (χ1n) is 15.2. The van der Waals surface area contributed by atoms with Crippen molar-refractivity contribution in [3.8, 4) is 35.3 Å². The Morgan fingerprint density at radius 1 is 0.660 bits per heavy atom. The maximum atomic E-state index is 13.8. The summed E-state index contributed by atoms with van der Waals surface area (Å²) in [7, 11) is 0. The number of nitrogens with one attached hydrogen (secondary N) is 2. The molecule has 53 heavy (non-hydrogen) atoms. The van der Waals surface area contributed by atoms with Gasteiger partial charge in [0, 0.05) is 46.3 Å². The third kappa shape index (κ3) is 10.9. The molecule has 6 rings (SSSR count). The standard InChI is InChI=1S/C19H14F3N3O2.C19H11F2N3O2/c1-12-3-2-4-13(5-12)18(26)25-15-6-14(19(20,21)22)7-16(8-15)27-17-9-23-11-24-10-17;1-2-12-3-13(5-14(20)4-12)19(25)24-16-6-15(21)7-17(8-16)26-18-9-22-11-23-10-18/h2-11H,1H3,(H,25,26);1,3-11H,(H,24,25). The number of anilines is 2. The zero-order chi connectivity index (χ0) is 38.0. The lowest BCUT2D eigenvalue weighted by molar-refractivity contribution is -0.137. The smallest absolute Gasteiger partial charge is 0.416 e. The van der Waals surface area contributed by atoms with Gasteiger partial charge in [0.2, 0.25) is 0 Å². The highest BCUT2D eigenvalue weighted by Gasteiger charge is 2.32. The summed E-state index contributed by atoms with van der Waals surface area (Å²) in [5.41, 5.74) is 0.586. The monoisotopic (exact) mass is 724 g/mol. The Morgan fingerprint density at radius 2 is 1.21 bits per heavy atom. The number of terminal acetylenes is 1. The molecule has 10 nitrogen and oxygen atoms in total. The molecule has 0 saturated carbocycles. The number of carbonyl (C=O) groups excluding carboxylic acids is 2. The number of nitrogens with zero attached hydrogens (tertiary/aromatic N) is 4. The van der Waals surface area contributed by atoms with Gasteiger partial charge in [-0.2, -0.15) is 13.2 Å². The largest absolute Gasteiger partial charge is 0.454 e. The van der Waals surface area contributed by atoms with Crippen LogP contribution in [0.3, 0.4) is 0 Å². The SMILES string of the molecule is C#Cc1cc(F)cc(C(=O)Nc2cc(F)cc(Oc3cncnc3)c2)c1.Cc1cccc(C(=O)Nc2cc(Oc3cncnc3)cc(C(F)(F)F)c2)c1. The number of aromatic nitrogens is 4. The quantitative estimate of drug-likeness (QED) is 0.118. The number of carbonyl (C=O) groups is 2. The van der Waals surface area contributed by atoms with E-state index in [1.54, 1.807) is 18.2 Å². The zero-order valence-corrected chi connectivity index (χ0v) is 27.4. The molecule has 0 aliphatic rings. The molecule has 0 spiro atoms. The second-order valence-corrected chi connectivity index (χ2v) is 10.9. The van der Waals surface area contributed by atoms with Crippen LogP contribution in [0.1, 0.15) is 37.4 Å². The van der Waals surface area contributed by atoms with Crippen molar-refractivity contribution in [1.82, 2.24) is 19.9 Å². The second kappa shape index (κ2) is 16.7. The van der Waals surface area contributed by atoms with Crippen molar-refractivity contribution >= 4 is 23.2 Å². The van der Waals surface area contributed by atoms with Crippen LogP contribution in [0.15, 0.2) is 116 Å². The van der Waals surface area contributed by atoms with Crippen molar-refractivity contribution in [2.75, 3.05) is 10.6 Å². The van der Waals surface area contributed by atoms with E-state index >= 15 is 0 Å². The Kier molecular flexibility index (Phi) is 11.7. The molecule has 0 atom stereocenters. The number of rotatable bonds is 8. The Balaban J connectivity index is 0.000000204. The first-order valence-corrected chi connectivity index (χ1v) is 15.2. The Morgan fingerprint density at radius 3 is 1.77 bits per heavy atom. The summed E-state index contributed by atoms with van der Waals surface area (Å²) in [5, 5.41) is 4.95. The summed E-state index contributed by atoms with van der Waals surface area (Å²) >= 11 is 0. The maximum absolute atomic E-state index is 13.8. The van der Waals surface area contributed by atoms with Crippen LogP contribution < -0.4 is 20.1 Å². The number of benzene rings is 4. The Labute approximate surface area is 298 Å². The van der Waals surface area contributed by atoms with Crippen LogP contribution in [-0.4, -0.2) is 31.8 Å². The number of alkyl halides is 3. The summed E-state index contributed by atoms with van der Waals surface area (Å²) in [6, 6.07) is 16.9. The van der Waals surface area contributed by atoms with E-state index in [9.17, 15) is 31.5 Å². The van der Waals surface area contributed by atoms with E-state index in [1.165, 1.54) is 55.6 Å². The van der Waals surface area contributed by atoms with Crippen LogP contribution in [0.2, 0.25) is 0 Å². The average Bonchev–Trinajstić information content (AvgIpc) is 3.12. The van der Waals surface area contributed by atoms with Gasteiger partial charge in [0.05, 0.1) is 30.4 Å². The first kappa shape index (κ1) is 37.1. The lowest BCUT2D eigenvalue weighted by Gasteiger charge is -2.13. The molecular weight excluding hydrogens is 699 g/mol. The van der Waals surface area contributed by atoms with Crippen LogP contribution in [0, 0.1) is 30.9 Å². The second-order valence-electron chi connectivity index (χ2n) is 10.9. The number of ether oxygens (including phenoxy) is 2. The molecule has 4 aromatic carbocycles. The predicted molar refractivity (Wildman–Crippen MR) is 183 cm³/mol. The minimum atomic E-state index is -4.60. The lowest BCUT2D eigenvalue weighted by Crippen LogP contribution is -2.13. The van der Waals surface area contributed by atoms with E-state index in [0.717, 1.165) is 42.0 Å². The minimum absolute atomic E-state index is 0.0149. The minimum Gasteiger partial charge on any atom is -0.454 e. The normalized spacial score (nSPS) is 10.6. The lowest BCUT2D eigenvalue weighted by atomic mass is 10.1.